The van der Waals surface area contributed by atoms with Crippen LogP contribution in [0, 0.1) is 13.8 Å². The molecule has 1 N–H and O–H groups in total. The standard InChI is InChI=1S/C19H15ClN4O2S/c1-10-11(2)27-18-15(10)16(12-3-5-13(20)6-4-12)17(19(25)26)14(23-18)7-24-9-21-8-22-24/h3-6,8-9H,7H2,1-2H3,(H,25,26). The van der Waals surface area contributed by atoms with Crippen molar-refractivity contribution in [3.05, 3.63) is 63.6 Å². The number of carbonyl (C=O) groups is 1. The molecular formula is C19H15ClN4O2S. The Morgan fingerprint density at radius 3 is 2.63 bits per heavy atom. The Morgan fingerprint density at radius 2 is 2.00 bits per heavy atom. The first-order chi connectivity index (χ1) is 13.0. The van der Waals surface area contributed by atoms with Crippen molar-refractivity contribution in [3.63, 3.8) is 0 Å². The van der Waals surface area contributed by atoms with Crippen LogP contribution in [0.2, 0.25) is 5.02 Å². The van der Waals surface area contributed by atoms with E-state index in [2.05, 4.69) is 15.1 Å². The number of thiophene rings is 1. The average molecular weight is 399 g/mol. The van der Waals surface area contributed by atoms with Crippen molar-refractivity contribution in [1.82, 2.24) is 19.7 Å². The lowest BCUT2D eigenvalue weighted by molar-refractivity contribution is 0.0696. The molecule has 8 heteroatoms. The van der Waals surface area contributed by atoms with Gasteiger partial charge in [0.05, 0.1) is 17.8 Å². The number of carboxylic acid groups (broad SMARTS) is 1. The van der Waals surface area contributed by atoms with Crippen LogP contribution in [0.4, 0.5) is 0 Å². The molecule has 6 nitrogen and oxygen atoms in total. The topological polar surface area (TPSA) is 80.9 Å². The third kappa shape index (κ3) is 3.09. The molecule has 0 saturated heterocycles. The van der Waals surface area contributed by atoms with Gasteiger partial charge in [0, 0.05) is 20.8 Å². The summed E-state index contributed by atoms with van der Waals surface area (Å²) in [5.74, 6) is -1.02. The van der Waals surface area contributed by atoms with Gasteiger partial charge in [-0.2, -0.15) is 5.10 Å². The fraction of sp³-hybridized carbons (Fsp3) is 0.158. The number of nitrogens with zero attached hydrogens (tertiary/aromatic N) is 4. The molecule has 1 aromatic carbocycles. The van der Waals surface area contributed by atoms with Crippen molar-refractivity contribution in [1.29, 1.82) is 0 Å². The van der Waals surface area contributed by atoms with Crippen molar-refractivity contribution in [2.45, 2.75) is 20.4 Å². The minimum atomic E-state index is -1.02. The summed E-state index contributed by atoms with van der Waals surface area (Å²) >= 11 is 7.60. The second-order valence-electron chi connectivity index (χ2n) is 6.18. The summed E-state index contributed by atoms with van der Waals surface area (Å²) in [6.07, 6.45) is 2.96. The largest absolute Gasteiger partial charge is 0.478 e. The molecule has 0 atom stereocenters. The van der Waals surface area contributed by atoms with Gasteiger partial charge in [-0.15, -0.1) is 11.3 Å². The van der Waals surface area contributed by atoms with Crippen molar-refractivity contribution in [2.24, 2.45) is 0 Å². The number of carboxylic acids is 1. The average Bonchev–Trinajstić information content (AvgIpc) is 3.23. The van der Waals surface area contributed by atoms with Crippen LogP contribution in [0.1, 0.15) is 26.5 Å². The van der Waals surface area contributed by atoms with E-state index in [1.807, 2.05) is 26.0 Å². The fourth-order valence-electron chi connectivity index (χ4n) is 3.15. The molecule has 0 saturated carbocycles. The van der Waals surface area contributed by atoms with Gasteiger partial charge >= 0.3 is 5.97 Å². The summed E-state index contributed by atoms with van der Waals surface area (Å²) in [6, 6.07) is 7.21. The second kappa shape index (κ2) is 6.75. The lowest BCUT2D eigenvalue weighted by Gasteiger charge is -2.14. The SMILES string of the molecule is Cc1sc2nc(Cn3cncn3)c(C(=O)O)c(-c3ccc(Cl)cc3)c2c1C. The number of aromatic nitrogens is 4. The zero-order valence-electron chi connectivity index (χ0n) is 14.6. The molecule has 0 radical (unpaired) electrons. The Kier molecular flexibility index (Phi) is 4.41. The monoisotopic (exact) mass is 398 g/mol. The quantitative estimate of drug-likeness (QED) is 0.544. The van der Waals surface area contributed by atoms with Gasteiger partial charge in [-0.1, -0.05) is 23.7 Å². The molecule has 0 aliphatic rings. The molecule has 0 spiro atoms. The maximum Gasteiger partial charge on any atom is 0.338 e. The third-order valence-corrected chi connectivity index (χ3v) is 5.87. The van der Waals surface area contributed by atoms with Gasteiger partial charge in [0.2, 0.25) is 0 Å². The minimum absolute atomic E-state index is 0.182. The lowest BCUT2D eigenvalue weighted by atomic mass is 9.94. The van der Waals surface area contributed by atoms with E-state index in [1.54, 1.807) is 34.5 Å². The smallest absolute Gasteiger partial charge is 0.338 e. The van der Waals surface area contributed by atoms with Gasteiger partial charge in [0.25, 0.3) is 0 Å². The van der Waals surface area contributed by atoms with E-state index < -0.39 is 5.97 Å². The highest BCUT2D eigenvalue weighted by molar-refractivity contribution is 7.18. The summed E-state index contributed by atoms with van der Waals surface area (Å²) in [7, 11) is 0. The fourth-order valence-corrected chi connectivity index (χ4v) is 4.33. The van der Waals surface area contributed by atoms with Crippen LogP contribution in [0.25, 0.3) is 21.3 Å². The van der Waals surface area contributed by atoms with E-state index in [0.29, 0.717) is 16.3 Å². The Bertz CT molecular complexity index is 1150. The van der Waals surface area contributed by atoms with Crippen molar-refractivity contribution in [2.75, 3.05) is 0 Å². The number of halogens is 1. The molecule has 0 fully saturated rings. The molecule has 27 heavy (non-hydrogen) atoms. The van der Waals surface area contributed by atoms with E-state index >= 15 is 0 Å². The molecule has 0 aliphatic heterocycles. The normalized spacial score (nSPS) is 11.2. The number of pyridine rings is 1. The number of aryl methyl sites for hydroxylation is 2. The number of rotatable bonds is 4. The first-order valence-corrected chi connectivity index (χ1v) is 9.39. The molecule has 0 amide bonds. The van der Waals surface area contributed by atoms with E-state index in [1.165, 1.54) is 6.33 Å². The van der Waals surface area contributed by atoms with Gasteiger partial charge in [-0.3, -0.25) is 0 Å². The number of hydrogen-bond donors (Lipinski definition) is 1. The Hall–Kier alpha value is -2.77. The zero-order valence-corrected chi connectivity index (χ0v) is 16.2. The lowest BCUT2D eigenvalue weighted by Crippen LogP contribution is -2.12. The van der Waals surface area contributed by atoms with Gasteiger partial charge in [-0.25, -0.2) is 19.4 Å². The van der Waals surface area contributed by atoms with Crippen LogP contribution < -0.4 is 0 Å². The number of aromatic carboxylic acids is 1. The van der Waals surface area contributed by atoms with Crippen molar-refractivity contribution < 1.29 is 9.90 Å². The highest BCUT2D eigenvalue weighted by Crippen LogP contribution is 2.40. The first-order valence-electron chi connectivity index (χ1n) is 8.20. The summed E-state index contributed by atoms with van der Waals surface area (Å²) in [6.45, 7) is 4.25. The van der Waals surface area contributed by atoms with Crippen LogP contribution in [-0.2, 0) is 6.54 Å². The Labute approximate surface area is 164 Å². The maximum atomic E-state index is 12.3. The zero-order chi connectivity index (χ0) is 19.1. The number of fused-ring (bicyclic) bond motifs is 1. The molecule has 4 rings (SSSR count). The minimum Gasteiger partial charge on any atom is -0.478 e. The van der Waals surface area contributed by atoms with Crippen LogP contribution >= 0.6 is 22.9 Å². The maximum absolute atomic E-state index is 12.3. The molecule has 3 aromatic heterocycles. The van der Waals surface area contributed by atoms with E-state index in [9.17, 15) is 9.90 Å². The van der Waals surface area contributed by atoms with E-state index in [4.69, 9.17) is 11.6 Å². The summed E-state index contributed by atoms with van der Waals surface area (Å²) < 4.78 is 1.57. The van der Waals surface area contributed by atoms with Crippen LogP contribution in [0.5, 0.6) is 0 Å². The Balaban J connectivity index is 2.08. The van der Waals surface area contributed by atoms with E-state index in [-0.39, 0.29) is 12.1 Å². The molecule has 0 unspecified atom stereocenters. The molecule has 136 valence electrons. The second-order valence-corrected chi connectivity index (χ2v) is 7.82. The molecule has 4 aromatic rings. The van der Waals surface area contributed by atoms with Gasteiger partial charge in [0.15, 0.2) is 0 Å². The van der Waals surface area contributed by atoms with Crippen LogP contribution in [0.15, 0.2) is 36.9 Å². The summed E-state index contributed by atoms with van der Waals surface area (Å²) in [4.78, 5) is 22.8. The van der Waals surface area contributed by atoms with Crippen LogP contribution in [-0.4, -0.2) is 30.8 Å². The van der Waals surface area contributed by atoms with Gasteiger partial charge < -0.3 is 5.11 Å². The highest BCUT2D eigenvalue weighted by atomic mass is 35.5. The third-order valence-electron chi connectivity index (χ3n) is 4.52. The van der Waals surface area contributed by atoms with Crippen LogP contribution in [0.3, 0.4) is 0 Å². The summed E-state index contributed by atoms with van der Waals surface area (Å²) in [5.41, 5.74) is 3.14. The predicted octanol–water partition coefficient (Wildman–Crippen LogP) is 4.57. The number of benzene rings is 1. The molecule has 0 bridgehead atoms. The predicted molar refractivity (Wildman–Crippen MR) is 106 cm³/mol. The Morgan fingerprint density at radius 1 is 1.26 bits per heavy atom. The van der Waals surface area contributed by atoms with E-state index in [0.717, 1.165) is 26.2 Å². The number of hydrogen-bond acceptors (Lipinski definition) is 5. The first kappa shape index (κ1) is 17.6. The van der Waals surface area contributed by atoms with Crippen molar-refractivity contribution in [3.8, 4) is 11.1 Å². The molecule has 3 heterocycles. The van der Waals surface area contributed by atoms with Gasteiger partial charge in [-0.05, 0) is 37.1 Å². The van der Waals surface area contributed by atoms with Gasteiger partial charge in [0.1, 0.15) is 17.5 Å². The van der Waals surface area contributed by atoms with Crippen molar-refractivity contribution >= 4 is 39.1 Å². The summed E-state index contributed by atoms with van der Waals surface area (Å²) in [5, 5.41) is 15.6. The highest BCUT2D eigenvalue weighted by Gasteiger charge is 2.25. The molecule has 0 aliphatic carbocycles. The molecular weight excluding hydrogens is 384 g/mol.